The van der Waals surface area contributed by atoms with Crippen LogP contribution in [0.3, 0.4) is 0 Å². The van der Waals surface area contributed by atoms with E-state index in [-0.39, 0.29) is 12.0 Å². The summed E-state index contributed by atoms with van der Waals surface area (Å²) in [7, 11) is 0. The van der Waals surface area contributed by atoms with E-state index >= 15 is 0 Å². The minimum absolute atomic E-state index is 0.156. The first-order valence-electron chi connectivity index (χ1n) is 24.4. The van der Waals surface area contributed by atoms with Gasteiger partial charge in [0.15, 0.2) is 0 Å². The SMILES string of the molecule is C1=CC2C(c3c1c1ccccc1n3-c1ccccc1)C2N(c1ccc2c(c1)C1(c3ccccc3-c3ccccc31)c1ccccc1-2)c1ccc2c3ccccc3n(-c3cccc4ccccc34)c2c1. The molecule has 3 nitrogen and oxygen atoms in total. The summed E-state index contributed by atoms with van der Waals surface area (Å²) in [5.41, 5.74) is 21.5. The van der Waals surface area contributed by atoms with Gasteiger partial charge in [0.1, 0.15) is 0 Å². The first-order chi connectivity index (χ1) is 34.3. The molecule has 0 aliphatic heterocycles. The lowest BCUT2D eigenvalue weighted by atomic mass is 9.70. The number of aromatic nitrogens is 2. The van der Waals surface area contributed by atoms with Crippen LogP contribution in [0, 0.1) is 5.92 Å². The fraction of sp³-hybridized carbons (Fsp3) is 0.0606. The lowest BCUT2D eigenvalue weighted by molar-refractivity contribution is 0.791. The van der Waals surface area contributed by atoms with E-state index in [1.54, 1.807) is 0 Å². The van der Waals surface area contributed by atoms with Crippen molar-refractivity contribution in [2.75, 3.05) is 4.90 Å². The van der Waals surface area contributed by atoms with Gasteiger partial charge in [0, 0.05) is 61.7 Å². The Balaban J connectivity index is 0.971. The molecule has 2 heterocycles. The largest absolute Gasteiger partial charge is 0.337 e. The molecule has 1 fully saturated rings. The summed E-state index contributed by atoms with van der Waals surface area (Å²) in [5, 5.41) is 6.30. The van der Waals surface area contributed by atoms with E-state index in [9.17, 15) is 0 Å². The van der Waals surface area contributed by atoms with Crippen molar-refractivity contribution in [2.24, 2.45) is 5.92 Å². The maximum Gasteiger partial charge on any atom is 0.0726 e. The second-order valence-electron chi connectivity index (χ2n) is 19.5. The van der Waals surface area contributed by atoms with Crippen molar-refractivity contribution >= 4 is 60.9 Å². The van der Waals surface area contributed by atoms with Crippen LogP contribution in [0.25, 0.3) is 83.2 Å². The number of fused-ring (bicyclic) bond motifs is 19. The van der Waals surface area contributed by atoms with Gasteiger partial charge in [-0.15, -0.1) is 0 Å². The predicted molar refractivity (Wildman–Crippen MR) is 285 cm³/mol. The topological polar surface area (TPSA) is 13.1 Å². The third-order valence-corrected chi connectivity index (χ3v) is 16.3. The molecule has 10 aromatic carbocycles. The highest BCUT2D eigenvalue weighted by atomic mass is 15.2. The van der Waals surface area contributed by atoms with Crippen molar-refractivity contribution in [1.29, 1.82) is 0 Å². The molecule has 0 N–H and O–H groups in total. The van der Waals surface area contributed by atoms with E-state index in [1.807, 2.05) is 0 Å². The Hall–Kier alpha value is -8.66. The number of nitrogens with zero attached hydrogens (tertiary/aromatic N) is 3. The zero-order valence-corrected chi connectivity index (χ0v) is 37.7. The summed E-state index contributed by atoms with van der Waals surface area (Å²) in [6, 6.07) is 86.8. The Kier molecular flexibility index (Phi) is 7.44. The maximum absolute atomic E-state index is 2.73. The average Bonchev–Trinajstić information content (AvgIpc) is 3.63. The summed E-state index contributed by atoms with van der Waals surface area (Å²) in [6.45, 7) is 0. The molecule has 1 saturated carbocycles. The fourth-order valence-electron chi connectivity index (χ4n) is 13.6. The third kappa shape index (κ3) is 4.86. The van der Waals surface area contributed by atoms with E-state index in [2.05, 4.69) is 257 Å². The van der Waals surface area contributed by atoms with Crippen LogP contribution in [0.2, 0.25) is 0 Å². The molecule has 3 unspecified atom stereocenters. The minimum Gasteiger partial charge on any atom is -0.337 e. The predicted octanol–water partition coefficient (Wildman–Crippen LogP) is 16.2. The van der Waals surface area contributed by atoms with Gasteiger partial charge in [-0.05, 0) is 104 Å². The van der Waals surface area contributed by atoms with Crippen molar-refractivity contribution in [3.8, 4) is 33.6 Å². The molecule has 322 valence electrons. The molecule has 3 heteroatoms. The number of para-hydroxylation sites is 3. The van der Waals surface area contributed by atoms with Gasteiger partial charge in [0.2, 0.25) is 0 Å². The van der Waals surface area contributed by atoms with Gasteiger partial charge in [-0.2, -0.15) is 0 Å². The van der Waals surface area contributed by atoms with Crippen molar-refractivity contribution in [2.45, 2.75) is 17.4 Å². The first-order valence-corrected chi connectivity index (χ1v) is 24.4. The van der Waals surface area contributed by atoms with E-state index < -0.39 is 5.41 Å². The fourth-order valence-corrected chi connectivity index (χ4v) is 13.6. The third-order valence-electron chi connectivity index (χ3n) is 16.3. The molecule has 12 aromatic rings. The molecular formula is C66H43N3. The number of hydrogen-bond acceptors (Lipinski definition) is 1. The molecule has 0 amide bonds. The molecular weight excluding hydrogens is 835 g/mol. The molecule has 1 spiro atoms. The van der Waals surface area contributed by atoms with Crippen molar-refractivity contribution in [3.63, 3.8) is 0 Å². The zero-order chi connectivity index (χ0) is 45.0. The maximum atomic E-state index is 2.73. The lowest BCUT2D eigenvalue weighted by Crippen LogP contribution is -2.27. The van der Waals surface area contributed by atoms with Crippen molar-refractivity contribution < 1.29 is 0 Å². The van der Waals surface area contributed by atoms with E-state index in [0.29, 0.717) is 5.92 Å². The zero-order valence-electron chi connectivity index (χ0n) is 37.7. The van der Waals surface area contributed by atoms with Crippen LogP contribution in [-0.4, -0.2) is 15.2 Å². The van der Waals surface area contributed by atoms with Crippen LogP contribution in [0.1, 0.15) is 39.4 Å². The highest BCUT2D eigenvalue weighted by Crippen LogP contribution is 2.65. The molecule has 2 aromatic heterocycles. The second-order valence-corrected chi connectivity index (χ2v) is 19.5. The van der Waals surface area contributed by atoms with E-state index in [0.717, 1.165) is 0 Å². The van der Waals surface area contributed by atoms with E-state index in [4.69, 9.17) is 0 Å². The van der Waals surface area contributed by atoms with Crippen molar-refractivity contribution in [1.82, 2.24) is 9.13 Å². The number of rotatable bonds is 5. The van der Waals surface area contributed by atoms with Crippen LogP contribution < -0.4 is 4.90 Å². The molecule has 4 aliphatic carbocycles. The van der Waals surface area contributed by atoms with Crippen molar-refractivity contribution in [3.05, 3.63) is 270 Å². The highest BCUT2D eigenvalue weighted by Gasteiger charge is 2.58. The summed E-state index contributed by atoms with van der Waals surface area (Å²) in [6.07, 6.45) is 4.95. The Bertz CT molecular complexity index is 4120. The van der Waals surface area contributed by atoms with Gasteiger partial charge in [-0.3, -0.25) is 0 Å². The average molecular weight is 878 g/mol. The Morgan fingerprint density at radius 1 is 0.391 bits per heavy atom. The number of anilines is 2. The van der Waals surface area contributed by atoms with Gasteiger partial charge in [-0.1, -0.05) is 188 Å². The van der Waals surface area contributed by atoms with Crippen LogP contribution in [-0.2, 0) is 5.41 Å². The summed E-state index contributed by atoms with van der Waals surface area (Å²) in [5.74, 6) is 0.556. The molecule has 16 rings (SSSR count). The summed E-state index contributed by atoms with van der Waals surface area (Å²) in [4.78, 5) is 2.73. The lowest BCUT2D eigenvalue weighted by Gasteiger charge is -2.32. The van der Waals surface area contributed by atoms with Gasteiger partial charge < -0.3 is 14.0 Å². The van der Waals surface area contributed by atoms with Gasteiger partial charge >= 0.3 is 0 Å². The Morgan fingerprint density at radius 3 is 1.68 bits per heavy atom. The normalized spacial score (nSPS) is 17.5. The Morgan fingerprint density at radius 2 is 0.942 bits per heavy atom. The molecule has 0 radical (unpaired) electrons. The Labute approximate surface area is 400 Å². The summed E-state index contributed by atoms with van der Waals surface area (Å²) < 4.78 is 5.08. The molecule has 3 atom stereocenters. The quantitative estimate of drug-likeness (QED) is 0.168. The van der Waals surface area contributed by atoms with Gasteiger partial charge in [0.05, 0.1) is 33.7 Å². The van der Waals surface area contributed by atoms with E-state index in [1.165, 1.54) is 122 Å². The molecule has 4 aliphatic rings. The molecule has 0 saturated heterocycles. The standard InChI is InChI=1S/C66H43N3/c1-2-19-42(20-3-1)68-60-30-14-10-26-51(60)53-37-38-54-63(64(53)68)65(54)67(44-34-36-52-50-25-9-15-31-61(50)69(62(52)40-44)59-32-16-18-41-17-4-5-21-45(41)59)43-33-35-49-48-24-8-13-29-57(48)66(58(49)39-43)55-27-11-6-22-46(55)47-23-7-12-28-56(47)66/h1-40,54,63,65H. The van der Waals surface area contributed by atoms with Crippen LogP contribution in [0.5, 0.6) is 0 Å². The highest BCUT2D eigenvalue weighted by molar-refractivity contribution is 6.12. The second kappa shape index (κ2) is 13.7. The first kappa shape index (κ1) is 37.4. The smallest absolute Gasteiger partial charge is 0.0726 e. The van der Waals surface area contributed by atoms with Gasteiger partial charge in [-0.25, -0.2) is 0 Å². The molecule has 0 bridgehead atoms. The minimum atomic E-state index is -0.450. The summed E-state index contributed by atoms with van der Waals surface area (Å²) >= 11 is 0. The molecule has 69 heavy (non-hydrogen) atoms. The van der Waals surface area contributed by atoms with Crippen LogP contribution >= 0.6 is 0 Å². The number of hydrogen-bond donors (Lipinski definition) is 0. The van der Waals surface area contributed by atoms with Crippen LogP contribution in [0.15, 0.2) is 237 Å². The van der Waals surface area contributed by atoms with Crippen LogP contribution in [0.4, 0.5) is 11.4 Å². The van der Waals surface area contributed by atoms with Gasteiger partial charge in [0.25, 0.3) is 0 Å². The number of benzene rings is 10. The monoisotopic (exact) mass is 877 g/mol.